The zero-order chi connectivity index (χ0) is 21.8. The van der Waals surface area contributed by atoms with Gasteiger partial charge in [-0.2, -0.15) is 9.97 Å². The van der Waals surface area contributed by atoms with Crippen LogP contribution in [0, 0.1) is 0 Å². The highest BCUT2D eigenvalue weighted by molar-refractivity contribution is 6.03. The Bertz CT molecular complexity index is 967. The average molecular weight is 421 g/mol. The molecule has 0 unspecified atom stereocenters. The molecule has 0 spiro atoms. The predicted molar refractivity (Wildman–Crippen MR) is 125 cm³/mol. The van der Waals surface area contributed by atoms with Crippen LogP contribution in [0.1, 0.15) is 49.3 Å². The number of nitrogen functional groups attached to an aromatic ring is 1. The second-order valence-electron chi connectivity index (χ2n) is 8.45. The van der Waals surface area contributed by atoms with Crippen LogP contribution in [-0.4, -0.2) is 40.3 Å². The SMILES string of the molecule is C=C1C(=O)Cc2c(N)nc(NCCCC)nc2N1Cc1cccc(CN2CCCC2)c1. The molecule has 0 amide bonds. The van der Waals surface area contributed by atoms with Gasteiger partial charge in [-0.15, -0.1) is 0 Å². The van der Waals surface area contributed by atoms with E-state index in [0.717, 1.165) is 31.5 Å². The number of unbranched alkanes of at least 4 members (excludes halogenated alkanes) is 1. The number of ketones is 1. The molecule has 1 saturated heterocycles. The molecule has 3 heterocycles. The Labute approximate surface area is 184 Å². The molecule has 0 saturated carbocycles. The Morgan fingerprint density at radius 1 is 1.16 bits per heavy atom. The van der Waals surface area contributed by atoms with Gasteiger partial charge in [-0.25, -0.2) is 0 Å². The molecular formula is C24H32N6O. The topological polar surface area (TPSA) is 87.4 Å². The molecule has 7 heteroatoms. The lowest BCUT2D eigenvalue weighted by atomic mass is 10.0. The maximum absolute atomic E-state index is 12.6. The number of nitrogens with two attached hydrogens (primary N) is 1. The van der Waals surface area contributed by atoms with Crippen LogP contribution < -0.4 is 16.0 Å². The summed E-state index contributed by atoms with van der Waals surface area (Å²) in [7, 11) is 0. The second kappa shape index (κ2) is 9.47. The first-order valence-corrected chi connectivity index (χ1v) is 11.2. The minimum atomic E-state index is -0.0392. The van der Waals surface area contributed by atoms with Crippen LogP contribution >= 0.6 is 0 Å². The van der Waals surface area contributed by atoms with E-state index in [0.29, 0.717) is 35.4 Å². The first kappa shape index (κ1) is 21.3. The second-order valence-corrected chi connectivity index (χ2v) is 8.45. The number of carbonyl (C=O) groups is 1. The van der Waals surface area contributed by atoms with Crippen molar-refractivity contribution in [1.82, 2.24) is 14.9 Å². The van der Waals surface area contributed by atoms with E-state index in [1.54, 1.807) is 0 Å². The van der Waals surface area contributed by atoms with E-state index in [4.69, 9.17) is 10.7 Å². The van der Waals surface area contributed by atoms with E-state index < -0.39 is 0 Å². The summed E-state index contributed by atoms with van der Waals surface area (Å²) in [5.41, 5.74) is 9.77. The standard InChI is InChI=1S/C24H32N6O/c1-3-4-10-26-24-27-22(25)20-14-21(31)17(2)30(23(20)28-24)16-19-9-7-8-18(13-19)15-29-11-5-6-12-29/h7-9,13H,2-6,10-12,14-16H2,1H3,(H3,25,26,27,28). The van der Waals surface area contributed by atoms with Gasteiger partial charge < -0.3 is 16.0 Å². The minimum absolute atomic E-state index is 0.0392. The normalized spacial score (nSPS) is 16.6. The Balaban J connectivity index is 1.59. The molecule has 3 N–H and O–H groups in total. The summed E-state index contributed by atoms with van der Waals surface area (Å²) in [5.74, 6) is 1.50. The maximum atomic E-state index is 12.6. The van der Waals surface area contributed by atoms with Gasteiger partial charge >= 0.3 is 0 Å². The fraction of sp³-hybridized carbons (Fsp3) is 0.458. The summed E-state index contributed by atoms with van der Waals surface area (Å²) in [4.78, 5) is 26.1. The van der Waals surface area contributed by atoms with E-state index in [9.17, 15) is 4.79 Å². The number of rotatable bonds is 8. The molecule has 1 fully saturated rings. The molecular weight excluding hydrogens is 388 g/mol. The smallest absolute Gasteiger partial charge is 0.226 e. The van der Waals surface area contributed by atoms with Crippen LogP contribution in [0.5, 0.6) is 0 Å². The third-order valence-electron chi connectivity index (χ3n) is 6.01. The number of hydrogen-bond acceptors (Lipinski definition) is 7. The lowest BCUT2D eigenvalue weighted by molar-refractivity contribution is -0.115. The van der Waals surface area contributed by atoms with Crippen molar-refractivity contribution in [3.05, 3.63) is 53.2 Å². The van der Waals surface area contributed by atoms with Crippen molar-refractivity contribution in [2.45, 2.75) is 52.1 Å². The molecule has 0 aliphatic carbocycles. The first-order chi connectivity index (χ1) is 15.0. The molecule has 2 aliphatic heterocycles. The monoisotopic (exact) mass is 420 g/mol. The average Bonchev–Trinajstić information content (AvgIpc) is 3.26. The lowest BCUT2D eigenvalue weighted by Crippen LogP contribution is -2.34. The number of allylic oxidation sites excluding steroid dienone is 1. The third-order valence-corrected chi connectivity index (χ3v) is 6.01. The van der Waals surface area contributed by atoms with Gasteiger partial charge in [0.15, 0.2) is 5.78 Å². The van der Waals surface area contributed by atoms with Crippen molar-refractivity contribution >= 4 is 23.4 Å². The Hall–Kier alpha value is -2.93. The van der Waals surface area contributed by atoms with Crippen LogP contribution in [0.25, 0.3) is 0 Å². The van der Waals surface area contributed by atoms with Gasteiger partial charge in [-0.3, -0.25) is 9.69 Å². The molecule has 31 heavy (non-hydrogen) atoms. The summed E-state index contributed by atoms with van der Waals surface area (Å²) in [5, 5.41) is 3.25. The summed E-state index contributed by atoms with van der Waals surface area (Å²) >= 11 is 0. The molecule has 0 bridgehead atoms. The lowest BCUT2D eigenvalue weighted by Gasteiger charge is -2.31. The number of aromatic nitrogens is 2. The fourth-order valence-electron chi connectivity index (χ4n) is 4.26. The zero-order valence-electron chi connectivity index (χ0n) is 18.4. The van der Waals surface area contributed by atoms with E-state index in [2.05, 4.69) is 53.0 Å². The van der Waals surface area contributed by atoms with Gasteiger partial charge in [-0.1, -0.05) is 44.2 Å². The first-order valence-electron chi connectivity index (χ1n) is 11.2. The largest absolute Gasteiger partial charge is 0.383 e. The predicted octanol–water partition coefficient (Wildman–Crippen LogP) is 3.51. The molecule has 0 radical (unpaired) electrons. The highest BCUT2D eigenvalue weighted by Crippen LogP contribution is 2.34. The zero-order valence-corrected chi connectivity index (χ0v) is 18.4. The van der Waals surface area contributed by atoms with Gasteiger partial charge in [0, 0.05) is 31.6 Å². The number of nitrogens with zero attached hydrogens (tertiary/aromatic N) is 4. The molecule has 164 valence electrons. The number of benzene rings is 1. The van der Waals surface area contributed by atoms with E-state index in [1.807, 2.05) is 4.90 Å². The number of likely N-dealkylation sites (tertiary alicyclic amines) is 1. The highest BCUT2D eigenvalue weighted by atomic mass is 16.1. The molecule has 2 aromatic rings. The van der Waals surface area contributed by atoms with Gasteiger partial charge in [0.25, 0.3) is 0 Å². The van der Waals surface area contributed by atoms with Gasteiger partial charge in [0.2, 0.25) is 5.95 Å². The highest BCUT2D eigenvalue weighted by Gasteiger charge is 2.30. The van der Waals surface area contributed by atoms with Crippen molar-refractivity contribution in [2.75, 3.05) is 35.6 Å². The number of anilines is 3. The van der Waals surface area contributed by atoms with Crippen molar-refractivity contribution < 1.29 is 4.79 Å². The number of fused-ring (bicyclic) bond motifs is 1. The molecule has 2 aliphatic rings. The summed E-state index contributed by atoms with van der Waals surface area (Å²) in [6.45, 7) is 10.8. The molecule has 7 nitrogen and oxygen atoms in total. The van der Waals surface area contributed by atoms with Crippen LogP contribution in [0.15, 0.2) is 36.5 Å². The minimum Gasteiger partial charge on any atom is -0.383 e. The van der Waals surface area contributed by atoms with E-state index in [1.165, 1.54) is 31.5 Å². The van der Waals surface area contributed by atoms with Crippen LogP contribution in [0.3, 0.4) is 0 Å². The van der Waals surface area contributed by atoms with E-state index in [-0.39, 0.29) is 12.2 Å². The van der Waals surface area contributed by atoms with Crippen LogP contribution in [-0.2, 0) is 24.3 Å². The van der Waals surface area contributed by atoms with Gasteiger partial charge in [-0.05, 0) is 43.5 Å². The number of hydrogen-bond donors (Lipinski definition) is 2. The molecule has 1 aromatic carbocycles. The van der Waals surface area contributed by atoms with Crippen molar-refractivity contribution in [3.8, 4) is 0 Å². The van der Waals surface area contributed by atoms with Crippen molar-refractivity contribution in [2.24, 2.45) is 0 Å². The number of carbonyl (C=O) groups excluding carboxylic acids is 1. The van der Waals surface area contributed by atoms with Crippen LogP contribution in [0.2, 0.25) is 0 Å². The molecule has 1 aromatic heterocycles. The maximum Gasteiger partial charge on any atom is 0.226 e. The number of nitrogens with one attached hydrogen (secondary N) is 1. The Kier molecular flexibility index (Phi) is 6.51. The quantitative estimate of drug-likeness (QED) is 0.499. The Morgan fingerprint density at radius 3 is 2.65 bits per heavy atom. The van der Waals surface area contributed by atoms with Gasteiger partial charge in [0.1, 0.15) is 11.6 Å². The Morgan fingerprint density at radius 2 is 1.90 bits per heavy atom. The number of Topliss-reactive ketones (excluding diaryl/α,β-unsaturated/α-hetero) is 1. The molecule has 0 atom stereocenters. The van der Waals surface area contributed by atoms with E-state index >= 15 is 0 Å². The summed E-state index contributed by atoms with van der Waals surface area (Å²) in [6, 6.07) is 8.56. The summed E-state index contributed by atoms with van der Waals surface area (Å²) < 4.78 is 0. The van der Waals surface area contributed by atoms with Gasteiger partial charge in [0.05, 0.1) is 5.70 Å². The van der Waals surface area contributed by atoms with Crippen LogP contribution in [0.4, 0.5) is 17.6 Å². The third kappa shape index (κ3) is 4.88. The van der Waals surface area contributed by atoms with Crippen molar-refractivity contribution in [3.63, 3.8) is 0 Å². The summed E-state index contributed by atoms with van der Waals surface area (Å²) in [6.07, 6.45) is 4.86. The molecule has 4 rings (SSSR count). The van der Waals surface area contributed by atoms with Crippen molar-refractivity contribution in [1.29, 1.82) is 0 Å². The fourth-order valence-corrected chi connectivity index (χ4v) is 4.26.